The molecule has 0 aliphatic carbocycles. The van der Waals surface area contributed by atoms with Crippen LogP contribution < -0.4 is 4.74 Å². The Bertz CT molecular complexity index is 639. The Hall–Kier alpha value is -2.41. The summed E-state index contributed by atoms with van der Waals surface area (Å²) in [4.78, 5) is 0. The molecule has 0 aromatic heterocycles. The number of hydrogen-bond donors (Lipinski definition) is 0. The predicted octanol–water partition coefficient (Wildman–Crippen LogP) is 4.27. The van der Waals surface area contributed by atoms with Gasteiger partial charge in [-0.3, -0.25) is 0 Å². The van der Waals surface area contributed by atoms with Gasteiger partial charge in [0.15, 0.2) is 0 Å². The molecule has 0 radical (unpaired) electrons. The highest BCUT2D eigenvalue weighted by molar-refractivity contribution is 5.38. The fourth-order valence-electron chi connectivity index (χ4n) is 1.68. The number of halogens is 3. The summed E-state index contributed by atoms with van der Waals surface area (Å²) in [7, 11) is 0. The topological polar surface area (TPSA) is 9.23 Å². The minimum Gasteiger partial charge on any atom is -0.489 e. The van der Waals surface area contributed by atoms with Crippen LogP contribution in [-0.4, -0.2) is 0 Å². The van der Waals surface area contributed by atoms with Gasteiger partial charge in [0.25, 0.3) is 0 Å². The molecule has 4 heteroatoms. The number of benzene rings is 2. The van der Waals surface area contributed by atoms with Crippen LogP contribution in [0.25, 0.3) is 0 Å². The van der Waals surface area contributed by atoms with E-state index in [0.717, 1.165) is 12.1 Å². The molecule has 0 unspecified atom stereocenters. The molecule has 0 saturated heterocycles. The molecule has 20 heavy (non-hydrogen) atoms. The smallest absolute Gasteiger partial charge is 0.416 e. The molecule has 0 saturated carbocycles. The van der Waals surface area contributed by atoms with Gasteiger partial charge in [-0.2, -0.15) is 13.2 Å². The van der Waals surface area contributed by atoms with E-state index in [9.17, 15) is 13.2 Å². The van der Waals surface area contributed by atoms with Gasteiger partial charge < -0.3 is 4.74 Å². The standard InChI is InChI=1S/C16H11F3O/c1-2-12-5-4-8-15(10-12)20-11-13-6-3-7-14(9-13)16(17,18)19/h1,3-10H,11H2. The van der Waals surface area contributed by atoms with Crippen molar-refractivity contribution in [3.8, 4) is 18.1 Å². The molecular weight excluding hydrogens is 265 g/mol. The molecule has 0 aliphatic heterocycles. The number of hydrogen-bond acceptors (Lipinski definition) is 1. The molecule has 2 aromatic carbocycles. The molecule has 0 spiro atoms. The lowest BCUT2D eigenvalue weighted by molar-refractivity contribution is -0.137. The zero-order chi connectivity index (χ0) is 14.6. The SMILES string of the molecule is C#Cc1cccc(OCc2cccc(C(F)(F)F)c2)c1. The Morgan fingerprint density at radius 2 is 1.80 bits per heavy atom. The molecule has 0 fully saturated rings. The number of terminal acetylenes is 1. The maximum Gasteiger partial charge on any atom is 0.416 e. The fraction of sp³-hybridized carbons (Fsp3) is 0.125. The number of ether oxygens (including phenoxy) is 1. The highest BCUT2D eigenvalue weighted by Crippen LogP contribution is 2.29. The molecule has 1 nitrogen and oxygen atoms in total. The van der Waals surface area contributed by atoms with Gasteiger partial charge in [-0.1, -0.05) is 24.1 Å². The van der Waals surface area contributed by atoms with E-state index in [1.807, 2.05) is 0 Å². The van der Waals surface area contributed by atoms with Gasteiger partial charge >= 0.3 is 6.18 Å². The highest BCUT2D eigenvalue weighted by Gasteiger charge is 2.30. The first-order valence-corrected chi connectivity index (χ1v) is 5.84. The van der Waals surface area contributed by atoms with Crippen LogP contribution in [0.4, 0.5) is 13.2 Å². The second-order valence-electron chi connectivity index (χ2n) is 4.16. The minimum absolute atomic E-state index is 0.0535. The monoisotopic (exact) mass is 276 g/mol. The maximum atomic E-state index is 12.6. The summed E-state index contributed by atoms with van der Waals surface area (Å²) in [5.74, 6) is 2.99. The molecule has 0 amide bonds. The third-order valence-electron chi connectivity index (χ3n) is 2.66. The first-order valence-electron chi connectivity index (χ1n) is 5.84. The van der Waals surface area contributed by atoms with Gasteiger partial charge in [-0.05, 0) is 35.9 Å². The Kier molecular flexibility index (Phi) is 3.99. The van der Waals surface area contributed by atoms with Crippen molar-refractivity contribution < 1.29 is 17.9 Å². The van der Waals surface area contributed by atoms with E-state index in [1.165, 1.54) is 6.07 Å². The molecule has 2 aromatic rings. The molecule has 0 N–H and O–H groups in total. The number of rotatable bonds is 3. The van der Waals surface area contributed by atoms with Gasteiger partial charge in [0, 0.05) is 5.56 Å². The lowest BCUT2D eigenvalue weighted by atomic mass is 10.1. The van der Waals surface area contributed by atoms with Crippen molar-refractivity contribution in [1.29, 1.82) is 0 Å². The van der Waals surface area contributed by atoms with Crippen molar-refractivity contribution in [2.24, 2.45) is 0 Å². The van der Waals surface area contributed by atoms with E-state index in [4.69, 9.17) is 11.2 Å². The van der Waals surface area contributed by atoms with E-state index in [0.29, 0.717) is 16.9 Å². The second kappa shape index (κ2) is 5.70. The van der Waals surface area contributed by atoms with E-state index >= 15 is 0 Å². The van der Waals surface area contributed by atoms with Crippen LogP contribution in [0.5, 0.6) is 5.75 Å². The van der Waals surface area contributed by atoms with E-state index < -0.39 is 11.7 Å². The molecule has 0 heterocycles. The summed E-state index contributed by atoms with van der Waals surface area (Å²) in [5.41, 5.74) is 0.424. The van der Waals surface area contributed by atoms with Crippen LogP contribution >= 0.6 is 0 Å². The summed E-state index contributed by atoms with van der Waals surface area (Å²) < 4.78 is 43.1. The summed E-state index contributed by atoms with van der Waals surface area (Å²) in [6.07, 6.45) is 0.915. The van der Waals surface area contributed by atoms with Gasteiger partial charge in [-0.25, -0.2) is 0 Å². The van der Waals surface area contributed by atoms with Gasteiger partial charge in [0.1, 0.15) is 12.4 Å². The number of alkyl halides is 3. The van der Waals surface area contributed by atoms with Crippen molar-refractivity contribution in [2.45, 2.75) is 12.8 Å². The van der Waals surface area contributed by atoms with Crippen LogP contribution in [0, 0.1) is 12.3 Å². The maximum absolute atomic E-state index is 12.6. The van der Waals surface area contributed by atoms with E-state index in [-0.39, 0.29) is 6.61 Å². The zero-order valence-corrected chi connectivity index (χ0v) is 10.4. The first kappa shape index (κ1) is 14.0. The Balaban J connectivity index is 2.09. The Labute approximate surface area is 115 Å². The van der Waals surface area contributed by atoms with Crippen molar-refractivity contribution in [3.63, 3.8) is 0 Å². The van der Waals surface area contributed by atoms with Crippen LogP contribution in [-0.2, 0) is 12.8 Å². The van der Waals surface area contributed by atoms with Crippen LogP contribution in [0.2, 0.25) is 0 Å². The predicted molar refractivity (Wildman–Crippen MR) is 70.2 cm³/mol. The quantitative estimate of drug-likeness (QED) is 0.761. The molecule has 0 atom stereocenters. The van der Waals surface area contributed by atoms with Crippen LogP contribution in [0.1, 0.15) is 16.7 Å². The van der Waals surface area contributed by atoms with Crippen molar-refractivity contribution >= 4 is 0 Å². The van der Waals surface area contributed by atoms with E-state index in [2.05, 4.69) is 5.92 Å². The minimum atomic E-state index is -4.35. The molecule has 2 rings (SSSR count). The molecule has 102 valence electrons. The molecule has 0 aliphatic rings. The summed E-state index contributed by atoms with van der Waals surface area (Å²) in [6.45, 7) is 0.0535. The van der Waals surface area contributed by atoms with Gasteiger partial charge in [0.2, 0.25) is 0 Å². The van der Waals surface area contributed by atoms with Crippen LogP contribution in [0.15, 0.2) is 48.5 Å². The zero-order valence-electron chi connectivity index (χ0n) is 10.4. The van der Waals surface area contributed by atoms with Crippen molar-refractivity contribution in [3.05, 3.63) is 65.2 Å². The highest BCUT2D eigenvalue weighted by atomic mass is 19.4. The van der Waals surface area contributed by atoms with E-state index in [1.54, 1.807) is 30.3 Å². The van der Waals surface area contributed by atoms with Crippen LogP contribution in [0.3, 0.4) is 0 Å². The Morgan fingerprint density at radius 1 is 1.05 bits per heavy atom. The fourth-order valence-corrected chi connectivity index (χ4v) is 1.68. The molecular formula is C16H11F3O. The Morgan fingerprint density at radius 3 is 2.50 bits per heavy atom. The van der Waals surface area contributed by atoms with Crippen molar-refractivity contribution in [2.75, 3.05) is 0 Å². The van der Waals surface area contributed by atoms with Gasteiger partial charge in [0.05, 0.1) is 5.56 Å². The molecule has 0 bridgehead atoms. The third kappa shape index (κ3) is 3.55. The second-order valence-corrected chi connectivity index (χ2v) is 4.16. The average molecular weight is 276 g/mol. The summed E-state index contributed by atoms with van der Waals surface area (Å²) in [6, 6.07) is 11.9. The lowest BCUT2D eigenvalue weighted by Gasteiger charge is -2.10. The first-order chi connectivity index (χ1) is 9.49. The largest absolute Gasteiger partial charge is 0.489 e. The van der Waals surface area contributed by atoms with Crippen molar-refractivity contribution in [1.82, 2.24) is 0 Å². The summed E-state index contributed by atoms with van der Waals surface area (Å²) in [5, 5.41) is 0. The third-order valence-corrected chi connectivity index (χ3v) is 2.66. The van der Waals surface area contributed by atoms with Gasteiger partial charge in [-0.15, -0.1) is 6.42 Å². The average Bonchev–Trinajstić information content (AvgIpc) is 2.45. The normalized spacial score (nSPS) is 10.9. The lowest BCUT2D eigenvalue weighted by Crippen LogP contribution is -2.06. The summed E-state index contributed by atoms with van der Waals surface area (Å²) >= 11 is 0.